The van der Waals surface area contributed by atoms with E-state index in [1.165, 1.54) is 6.26 Å². The number of likely N-dealkylation sites (tertiary alicyclic amines) is 1. The standard InChI is InChI=1S/C16H24N2O4/c19-15(20)7-1-2-8-18-9-3-5-13(12-18)11-17-16(21)14-6-4-10-22-14/h4,6,10,13H,1-3,5,7-9,11-12H2,(H,17,21)(H,19,20). The van der Waals surface area contributed by atoms with E-state index in [0.717, 1.165) is 45.3 Å². The Balaban J connectivity index is 1.65. The molecule has 0 aromatic carbocycles. The Morgan fingerprint density at radius 2 is 2.27 bits per heavy atom. The van der Waals surface area contributed by atoms with Gasteiger partial charge in [-0.2, -0.15) is 0 Å². The van der Waals surface area contributed by atoms with Gasteiger partial charge in [-0.3, -0.25) is 9.59 Å². The van der Waals surface area contributed by atoms with Crippen LogP contribution < -0.4 is 5.32 Å². The summed E-state index contributed by atoms with van der Waals surface area (Å²) in [6, 6.07) is 3.36. The van der Waals surface area contributed by atoms with E-state index in [9.17, 15) is 9.59 Å². The minimum Gasteiger partial charge on any atom is -0.481 e. The second-order valence-corrected chi connectivity index (χ2v) is 5.85. The lowest BCUT2D eigenvalue weighted by molar-refractivity contribution is -0.137. The van der Waals surface area contributed by atoms with E-state index in [-0.39, 0.29) is 12.3 Å². The molecule has 1 aliphatic heterocycles. The monoisotopic (exact) mass is 308 g/mol. The van der Waals surface area contributed by atoms with Crippen molar-refractivity contribution in [3.8, 4) is 0 Å². The predicted molar refractivity (Wildman–Crippen MR) is 81.7 cm³/mol. The molecule has 1 unspecified atom stereocenters. The lowest BCUT2D eigenvalue weighted by Gasteiger charge is -2.32. The molecule has 0 aliphatic carbocycles. The summed E-state index contributed by atoms with van der Waals surface area (Å²) in [6.07, 6.45) is 5.62. The van der Waals surface area contributed by atoms with Gasteiger partial charge in [0.1, 0.15) is 0 Å². The Kier molecular flexibility index (Phi) is 6.45. The van der Waals surface area contributed by atoms with Crippen LogP contribution in [0.3, 0.4) is 0 Å². The number of aliphatic carboxylic acids is 1. The fraction of sp³-hybridized carbons (Fsp3) is 0.625. The number of carbonyl (C=O) groups excluding carboxylic acids is 1. The molecular weight excluding hydrogens is 284 g/mol. The van der Waals surface area contributed by atoms with Gasteiger partial charge in [-0.15, -0.1) is 0 Å². The number of hydrogen-bond acceptors (Lipinski definition) is 4. The zero-order valence-corrected chi connectivity index (χ0v) is 12.8. The molecule has 2 rings (SSSR count). The fourth-order valence-electron chi connectivity index (χ4n) is 2.86. The highest BCUT2D eigenvalue weighted by molar-refractivity contribution is 5.91. The van der Waals surface area contributed by atoms with Crippen LogP contribution >= 0.6 is 0 Å². The highest BCUT2D eigenvalue weighted by Gasteiger charge is 2.20. The number of carboxylic acid groups (broad SMARTS) is 1. The third kappa shape index (κ3) is 5.52. The second-order valence-electron chi connectivity index (χ2n) is 5.85. The average molecular weight is 308 g/mol. The van der Waals surface area contributed by atoms with Crippen LogP contribution in [-0.2, 0) is 4.79 Å². The molecule has 0 radical (unpaired) electrons. The number of nitrogens with one attached hydrogen (secondary N) is 1. The van der Waals surface area contributed by atoms with E-state index in [1.54, 1.807) is 12.1 Å². The zero-order chi connectivity index (χ0) is 15.8. The van der Waals surface area contributed by atoms with Gasteiger partial charge in [0.25, 0.3) is 5.91 Å². The molecule has 2 N–H and O–H groups in total. The number of piperidine rings is 1. The summed E-state index contributed by atoms with van der Waals surface area (Å²) < 4.78 is 5.07. The summed E-state index contributed by atoms with van der Waals surface area (Å²) in [7, 11) is 0. The highest BCUT2D eigenvalue weighted by Crippen LogP contribution is 2.16. The van der Waals surface area contributed by atoms with E-state index in [0.29, 0.717) is 18.2 Å². The summed E-state index contributed by atoms with van der Waals surface area (Å²) in [5.41, 5.74) is 0. The molecule has 6 heteroatoms. The molecule has 1 aromatic heterocycles. The molecule has 1 aliphatic rings. The van der Waals surface area contributed by atoms with Crippen LogP contribution in [0.4, 0.5) is 0 Å². The average Bonchev–Trinajstić information content (AvgIpc) is 3.04. The van der Waals surface area contributed by atoms with Crippen molar-refractivity contribution in [1.29, 1.82) is 0 Å². The first-order valence-electron chi connectivity index (χ1n) is 7.91. The third-order valence-corrected chi connectivity index (χ3v) is 4.01. The molecule has 1 fully saturated rings. The Labute approximate surface area is 130 Å². The largest absolute Gasteiger partial charge is 0.481 e. The summed E-state index contributed by atoms with van der Waals surface area (Å²) >= 11 is 0. The van der Waals surface area contributed by atoms with Crippen molar-refractivity contribution in [2.75, 3.05) is 26.2 Å². The van der Waals surface area contributed by atoms with Crippen LogP contribution in [0.5, 0.6) is 0 Å². The van der Waals surface area contributed by atoms with Crippen molar-refractivity contribution in [3.05, 3.63) is 24.2 Å². The van der Waals surface area contributed by atoms with Crippen molar-refractivity contribution in [2.24, 2.45) is 5.92 Å². The van der Waals surface area contributed by atoms with Crippen molar-refractivity contribution < 1.29 is 19.1 Å². The van der Waals surface area contributed by atoms with Crippen LogP contribution in [0.1, 0.15) is 42.7 Å². The smallest absolute Gasteiger partial charge is 0.303 e. The predicted octanol–water partition coefficient (Wildman–Crippen LogP) is 1.98. The molecule has 1 amide bonds. The second kappa shape index (κ2) is 8.58. The molecule has 122 valence electrons. The number of hydrogen-bond donors (Lipinski definition) is 2. The van der Waals surface area contributed by atoms with Gasteiger partial charge in [-0.05, 0) is 56.8 Å². The number of nitrogens with zero attached hydrogens (tertiary/aromatic N) is 1. The normalized spacial score (nSPS) is 19.0. The quantitative estimate of drug-likeness (QED) is 0.718. The first-order valence-corrected chi connectivity index (χ1v) is 7.91. The van der Waals surface area contributed by atoms with Gasteiger partial charge in [0.05, 0.1) is 6.26 Å². The minimum atomic E-state index is -0.725. The first kappa shape index (κ1) is 16.5. The van der Waals surface area contributed by atoms with Gasteiger partial charge in [0.15, 0.2) is 5.76 Å². The van der Waals surface area contributed by atoms with Gasteiger partial charge >= 0.3 is 5.97 Å². The van der Waals surface area contributed by atoms with Crippen LogP contribution in [0.25, 0.3) is 0 Å². The van der Waals surface area contributed by atoms with E-state index >= 15 is 0 Å². The van der Waals surface area contributed by atoms with E-state index in [1.807, 2.05) is 0 Å². The lowest BCUT2D eigenvalue weighted by Crippen LogP contribution is -2.41. The van der Waals surface area contributed by atoms with Gasteiger partial charge < -0.3 is 19.7 Å². The van der Waals surface area contributed by atoms with Crippen molar-refractivity contribution in [1.82, 2.24) is 10.2 Å². The number of amides is 1. The Hall–Kier alpha value is -1.82. The van der Waals surface area contributed by atoms with Crippen molar-refractivity contribution in [3.63, 3.8) is 0 Å². The Bertz CT molecular complexity index is 473. The maximum absolute atomic E-state index is 11.8. The topological polar surface area (TPSA) is 82.8 Å². The SMILES string of the molecule is O=C(O)CCCCN1CCCC(CNC(=O)c2ccco2)C1. The molecule has 1 atom stereocenters. The minimum absolute atomic E-state index is 0.163. The number of furan rings is 1. The fourth-order valence-corrected chi connectivity index (χ4v) is 2.86. The molecule has 22 heavy (non-hydrogen) atoms. The summed E-state index contributed by atoms with van der Waals surface area (Å²) in [5.74, 6) is -0.0887. The first-order chi connectivity index (χ1) is 10.6. The number of carboxylic acids is 1. The summed E-state index contributed by atoms with van der Waals surface area (Å²) in [4.78, 5) is 24.7. The maximum Gasteiger partial charge on any atom is 0.303 e. The molecular formula is C16H24N2O4. The Morgan fingerprint density at radius 3 is 3.00 bits per heavy atom. The summed E-state index contributed by atoms with van der Waals surface area (Å²) in [5, 5.41) is 11.6. The zero-order valence-electron chi connectivity index (χ0n) is 12.8. The Morgan fingerprint density at radius 1 is 1.41 bits per heavy atom. The molecule has 0 spiro atoms. The number of carbonyl (C=O) groups is 2. The van der Waals surface area contributed by atoms with Gasteiger partial charge in [-0.25, -0.2) is 0 Å². The summed E-state index contributed by atoms with van der Waals surface area (Å²) in [6.45, 7) is 3.63. The van der Waals surface area contributed by atoms with E-state index in [2.05, 4.69) is 10.2 Å². The van der Waals surface area contributed by atoms with Gasteiger partial charge in [0, 0.05) is 19.5 Å². The third-order valence-electron chi connectivity index (χ3n) is 4.01. The van der Waals surface area contributed by atoms with Crippen molar-refractivity contribution >= 4 is 11.9 Å². The van der Waals surface area contributed by atoms with Crippen LogP contribution in [-0.4, -0.2) is 48.1 Å². The van der Waals surface area contributed by atoms with E-state index < -0.39 is 5.97 Å². The van der Waals surface area contributed by atoms with Gasteiger partial charge in [0.2, 0.25) is 0 Å². The van der Waals surface area contributed by atoms with Gasteiger partial charge in [-0.1, -0.05) is 0 Å². The van der Waals surface area contributed by atoms with Crippen LogP contribution in [0, 0.1) is 5.92 Å². The highest BCUT2D eigenvalue weighted by atomic mass is 16.4. The maximum atomic E-state index is 11.8. The van der Waals surface area contributed by atoms with Crippen LogP contribution in [0.15, 0.2) is 22.8 Å². The van der Waals surface area contributed by atoms with Crippen LogP contribution in [0.2, 0.25) is 0 Å². The lowest BCUT2D eigenvalue weighted by atomic mass is 9.97. The molecule has 6 nitrogen and oxygen atoms in total. The molecule has 0 bridgehead atoms. The molecule has 2 heterocycles. The van der Waals surface area contributed by atoms with E-state index in [4.69, 9.17) is 9.52 Å². The molecule has 1 aromatic rings. The molecule has 0 saturated carbocycles. The number of unbranched alkanes of at least 4 members (excludes halogenated alkanes) is 1. The van der Waals surface area contributed by atoms with Crippen molar-refractivity contribution in [2.45, 2.75) is 32.1 Å². The number of rotatable bonds is 8. The molecule has 1 saturated heterocycles.